The first-order chi connectivity index (χ1) is 13.4. The largest absolute Gasteiger partial charge is 0.484 e. The molecule has 0 unspecified atom stereocenters. The molecule has 0 bridgehead atoms. The molecule has 0 aliphatic heterocycles. The minimum Gasteiger partial charge on any atom is -0.484 e. The lowest BCUT2D eigenvalue weighted by atomic mass is 10.1. The molecule has 0 saturated heterocycles. The average molecular weight is 494 g/mol. The van der Waals surface area contributed by atoms with Crippen LogP contribution >= 0.6 is 22.6 Å². The summed E-state index contributed by atoms with van der Waals surface area (Å²) in [5.74, 6) is 0.286. The number of halogens is 1. The van der Waals surface area contributed by atoms with Gasteiger partial charge in [0.05, 0.1) is 0 Å². The fourth-order valence-electron chi connectivity index (χ4n) is 2.98. The predicted molar refractivity (Wildman–Crippen MR) is 119 cm³/mol. The highest BCUT2D eigenvalue weighted by molar-refractivity contribution is 14.1. The number of nitrogens with zero attached hydrogens (tertiary/aromatic N) is 1. The minimum absolute atomic E-state index is 0.109. The monoisotopic (exact) mass is 494 g/mol. The third-order valence-corrected chi connectivity index (χ3v) is 5.07. The predicted octanol–water partition coefficient (Wildman–Crippen LogP) is 3.92. The molecule has 0 aromatic heterocycles. The summed E-state index contributed by atoms with van der Waals surface area (Å²) < 4.78 is 6.77. The van der Waals surface area contributed by atoms with Crippen molar-refractivity contribution in [1.82, 2.24) is 10.2 Å². The van der Waals surface area contributed by atoms with Crippen molar-refractivity contribution in [3.05, 3.63) is 63.2 Å². The molecule has 0 fully saturated rings. The smallest absolute Gasteiger partial charge is 0.261 e. The third-order valence-electron chi connectivity index (χ3n) is 4.35. The summed E-state index contributed by atoms with van der Waals surface area (Å²) in [6, 6.07) is 15.0. The first-order valence-corrected chi connectivity index (χ1v) is 10.5. The normalized spacial score (nSPS) is 11.6. The maximum Gasteiger partial charge on any atom is 0.261 e. The van der Waals surface area contributed by atoms with Crippen molar-refractivity contribution in [1.29, 1.82) is 0 Å². The van der Waals surface area contributed by atoms with Crippen molar-refractivity contribution in [2.24, 2.45) is 0 Å². The Morgan fingerprint density at radius 2 is 1.86 bits per heavy atom. The van der Waals surface area contributed by atoms with Gasteiger partial charge >= 0.3 is 0 Å². The molecule has 0 aliphatic carbocycles. The molecule has 2 aromatic carbocycles. The SMILES string of the molecule is CCNC(=O)[C@H](CC)N(Cc1cccc(C)c1)C(=O)COc1ccc(I)cc1. The number of hydrogen-bond acceptors (Lipinski definition) is 3. The number of nitrogens with one attached hydrogen (secondary N) is 1. The van der Waals surface area contributed by atoms with Crippen LogP contribution in [0.25, 0.3) is 0 Å². The topological polar surface area (TPSA) is 58.6 Å². The summed E-state index contributed by atoms with van der Waals surface area (Å²) in [5.41, 5.74) is 2.11. The van der Waals surface area contributed by atoms with E-state index in [0.717, 1.165) is 14.7 Å². The van der Waals surface area contributed by atoms with Gasteiger partial charge in [-0.25, -0.2) is 0 Å². The zero-order valence-corrected chi connectivity index (χ0v) is 18.7. The van der Waals surface area contributed by atoms with Gasteiger partial charge in [0.2, 0.25) is 5.91 Å². The third kappa shape index (κ3) is 6.51. The fourth-order valence-corrected chi connectivity index (χ4v) is 3.34. The molecule has 6 heteroatoms. The number of benzene rings is 2. The van der Waals surface area contributed by atoms with E-state index in [-0.39, 0.29) is 18.4 Å². The number of ether oxygens (including phenoxy) is 1. The number of carbonyl (C=O) groups is 2. The van der Waals surface area contributed by atoms with Crippen LogP contribution in [0.1, 0.15) is 31.4 Å². The van der Waals surface area contributed by atoms with Crippen molar-refractivity contribution < 1.29 is 14.3 Å². The summed E-state index contributed by atoms with van der Waals surface area (Å²) in [7, 11) is 0. The van der Waals surface area contributed by atoms with Gasteiger partial charge < -0.3 is 15.0 Å². The van der Waals surface area contributed by atoms with Gasteiger partial charge in [-0.05, 0) is 72.7 Å². The van der Waals surface area contributed by atoms with E-state index >= 15 is 0 Å². The quantitative estimate of drug-likeness (QED) is 0.538. The number of amides is 2. The molecular weight excluding hydrogens is 467 g/mol. The maximum absolute atomic E-state index is 13.0. The van der Waals surface area contributed by atoms with Crippen LogP contribution in [0, 0.1) is 10.5 Å². The Bertz CT molecular complexity index is 793. The van der Waals surface area contributed by atoms with Crippen LogP contribution in [0.2, 0.25) is 0 Å². The molecular formula is C22H27IN2O3. The lowest BCUT2D eigenvalue weighted by Crippen LogP contribution is -2.50. The van der Waals surface area contributed by atoms with Crippen molar-refractivity contribution >= 4 is 34.4 Å². The molecule has 0 aliphatic rings. The van der Waals surface area contributed by atoms with Crippen LogP contribution in [0.4, 0.5) is 0 Å². The van der Waals surface area contributed by atoms with Crippen LogP contribution in [0.3, 0.4) is 0 Å². The summed E-state index contributed by atoms with van der Waals surface area (Å²) in [6.45, 7) is 6.58. The van der Waals surface area contributed by atoms with Crippen molar-refractivity contribution in [2.45, 2.75) is 39.8 Å². The van der Waals surface area contributed by atoms with E-state index in [2.05, 4.69) is 27.9 Å². The maximum atomic E-state index is 13.0. The Balaban J connectivity index is 2.18. The average Bonchev–Trinajstić information content (AvgIpc) is 2.67. The summed E-state index contributed by atoms with van der Waals surface area (Å²) >= 11 is 2.22. The Labute approximate surface area is 180 Å². The molecule has 1 N–H and O–H groups in total. The highest BCUT2D eigenvalue weighted by atomic mass is 127. The van der Waals surface area contributed by atoms with E-state index in [9.17, 15) is 9.59 Å². The summed E-state index contributed by atoms with van der Waals surface area (Å²) in [5, 5.41) is 2.83. The molecule has 2 amide bonds. The summed E-state index contributed by atoms with van der Waals surface area (Å²) in [4.78, 5) is 27.2. The number of aryl methyl sites for hydroxylation is 1. The molecule has 0 radical (unpaired) electrons. The van der Waals surface area contributed by atoms with Crippen LogP contribution in [-0.4, -0.2) is 35.9 Å². The van der Waals surface area contributed by atoms with E-state index in [4.69, 9.17) is 4.74 Å². The molecule has 2 aromatic rings. The Hall–Kier alpha value is -2.09. The second kappa shape index (κ2) is 11.0. The van der Waals surface area contributed by atoms with Crippen LogP contribution in [0.15, 0.2) is 48.5 Å². The number of likely N-dealkylation sites (N-methyl/N-ethyl adjacent to an activating group) is 1. The Kier molecular flexibility index (Phi) is 8.76. The van der Waals surface area contributed by atoms with E-state index in [1.54, 1.807) is 4.90 Å². The van der Waals surface area contributed by atoms with Gasteiger partial charge in [-0.1, -0.05) is 36.8 Å². The highest BCUT2D eigenvalue weighted by Gasteiger charge is 2.28. The van der Waals surface area contributed by atoms with Crippen LogP contribution in [-0.2, 0) is 16.1 Å². The first-order valence-electron chi connectivity index (χ1n) is 9.45. The molecule has 0 saturated carbocycles. The van der Waals surface area contributed by atoms with E-state index < -0.39 is 6.04 Å². The Morgan fingerprint density at radius 3 is 2.46 bits per heavy atom. The van der Waals surface area contributed by atoms with Gasteiger partial charge in [0.15, 0.2) is 6.61 Å². The number of hydrogen-bond donors (Lipinski definition) is 1. The second-order valence-corrected chi connectivity index (χ2v) is 7.82. The minimum atomic E-state index is -0.534. The van der Waals surface area contributed by atoms with Gasteiger partial charge in [-0.2, -0.15) is 0 Å². The molecule has 150 valence electrons. The molecule has 0 spiro atoms. The van der Waals surface area contributed by atoms with Crippen molar-refractivity contribution in [3.63, 3.8) is 0 Å². The molecule has 1 atom stereocenters. The van der Waals surface area contributed by atoms with Gasteiger partial charge in [0, 0.05) is 16.7 Å². The van der Waals surface area contributed by atoms with Crippen LogP contribution < -0.4 is 10.1 Å². The van der Waals surface area contributed by atoms with Crippen molar-refractivity contribution in [2.75, 3.05) is 13.2 Å². The van der Waals surface area contributed by atoms with E-state index in [1.807, 2.05) is 69.3 Å². The van der Waals surface area contributed by atoms with E-state index in [0.29, 0.717) is 25.3 Å². The second-order valence-electron chi connectivity index (χ2n) is 6.57. The number of carbonyl (C=O) groups excluding carboxylic acids is 2. The van der Waals surface area contributed by atoms with Gasteiger partial charge in [0.1, 0.15) is 11.8 Å². The number of rotatable bonds is 9. The fraction of sp³-hybridized carbons (Fsp3) is 0.364. The zero-order valence-electron chi connectivity index (χ0n) is 16.6. The van der Waals surface area contributed by atoms with Crippen molar-refractivity contribution in [3.8, 4) is 5.75 Å². The zero-order chi connectivity index (χ0) is 20.5. The first kappa shape index (κ1) is 22.2. The molecule has 2 rings (SSSR count). The van der Waals surface area contributed by atoms with Gasteiger partial charge in [0.25, 0.3) is 5.91 Å². The molecule has 0 heterocycles. The van der Waals surface area contributed by atoms with Gasteiger partial charge in [-0.15, -0.1) is 0 Å². The standard InChI is InChI=1S/C22H27IN2O3/c1-4-20(22(27)24-5-2)25(14-17-8-6-7-16(3)13-17)21(26)15-28-19-11-9-18(23)10-12-19/h6-13,20H,4-5,14-15H2,1-3H3,(H,24,27)/t20-/m0/s1. The Morgan fingerprint density at radius 1 is 1.14 bits per heavy atom. The molecule has 5 nitrogen and oxygen atoms in total. The van der Waals surface area contributed by atoms with Crippen LogP contribution in [0.5, 0.6) is 5.75 Å². The highest BCUT2D eigenvalue weighted by Crippen LogP contribution is 2.16. The lowest BCUT2D eigenvalue weighted by Gasteiger charge is -2.30. The lowest BCUT2D eigenvalue weighted by molar-refractivity contribution is -0.142. The van der Waals surface area contributed by atoms with E-state index in [1.165, 1.54) is 0 Å². The molecule has 28 heavy (non-hydrogen) atoms. The summed E-state index contributed by atoms with van der Waals surface area (Å²) in [6.07, 6.45) is 0.535. The van der Waals surface area contributed by atoms with Gasteiger partial charge in [-0.3, -0.25) is 9.59 Å².